The van der Waals surface area contributed by atoms with Gasteiger partial charge in [-0.2, -0.15) is 0 Å². The number of hydrogen-bond donors (Lipinski definition) is 2. The Morgan fingerprint density at radius 2 is 2.44 bits per heavy atom. The second kappa shape index (κ2) is 5.40. The lowest BCUT2D eigenvalue weighted by Gasteiger charge is -2.28. The first kappa shape index (κ1) is 12.9. The highest BCUT2D eigenvalue weighted by molar-refractivity contribution is 7.80. The molecule has 0 aliphatic carbocycles. The molecule has 1 atom stereocenters. The standard InChI is InChI=1S/C10H12N4O2S2/c1-3-16-9(15)7-5(2)11-10(17)12-8(7)6-4-18-14-13-6/h4,8H,3H2,1-2H3,(H2,11,12,17). The Morgan fingerprint density at radius 1 is 1.67 bits per heavy atom. The average Bonchev–Trinajstić information content (AvgIpc) is 2.81. The minimum Gasteiger partial charge on any atom is -0.463 e. The summed E-state index contributed by atoms with van der Waals surface area (Å²) in [5.74, 6) is -0.379. The molecule has 8 heteroatoms. The minimum atomic E-state index is -0.406. The number of esters is 1. The molecule has 6 nitrogen and oxygen atoms in total. The zero-order valence-corrected chi connectivity index (χ0v) is 11.5. The molecule has 0 fully saturated rings. The minimum absolute atomic E-state index is 0.322. The molecule has 2 N–H and O–H groups in total. The Labute approximate surface area is 114 Å². The summed E-state index contributed by atoms with van der Waals surface area (Å²) in [5, 5.41) is 12.1. The molecule has 1 aromatic heterocycles. The van der Waals surface area contributed by atoms with Crippen LogP contribution in [0.3, 0.4) is 0 Å². The van der Waals surface area contributed by atoms with Crippen LogP contribution in [0.4, 0.5) is 0 Å². The number of carbonyl (C=O) groups excluding carboxylic acids is 1. The molecule has 96 valence electrons. The van der Waals surface area contributed by atoms with E-state index >= 15 is 0 Å². The van der Waals surface area contributed by atoms with Crippen molar-refractivity contribution in [3.05, 3.63) is 22.3 Å². The summed E-state index contributed by atoms with van der Waals surface area (Å²) >= 11 is 6.31. The van der Waals surface area contributed by atoms with Gasteiger partial charge in [0.25, 0.3) is 0 Å². The predicted octanol–water partition coefficient (Wildman–Crippen LogP) is 0.894. The smallest absolute Gasteiger partial charge is 0.338 e. The maximum Gasteiger partial charge on any atom is 0.338 e. The summed E-state index contributed by atoms with van der Waals surface area (Å²) in [5.41, 5.74) is 1.82. The lowest BCUT2D eigenvalue weighted by Crippen LogP contribution is -2.45. The normalized spacial score (nSPS) is 19.2. The van der Waals surface area contributed by atoms with E-state index in [1.54, 1.807) is 19.2 Å². The molecule has 1 aliphatic heterocycles. The van der Waals surface area contributed by atoms with Crippen molar-refractivity contribution in [1.29, 1.82) is 0 Å². The lowest BCUT2D eigenvalue weighted by molar-refractivity contribution is -0.139. The van der Waals surface area contributed by atoms with Crippen molar-refractivity contribution in [3.63, 3.8) is 0 Å². The fourth-order valence-electron chi connectivity index (χ4n) is 1.69. The van der Waals surface area contributed by atoms with Crippen LogP contribution < -0.4 is 10.6 Å². The third-order valence-corrected chi connectivity index (χ3v) is 3.18. The highest BCUT2D eigenvalue weighted by Crippen LogP contribution is 2.26. The molecule has 0 aromatic carbocycles. The van der Waals surface area contributed by atoms with Crippen molar-refractivity contribution in [2.75, 3.05) is 6.61 Å². The van der Waals surface area contributed by atoms with Gasteiger partial charge in [0, 0.05) is 11.1 Å². The molecule has 0 radical (unpaired) electrons. The van der Waals surface area contributed by atoms with Gasteiger partial charge >= 0.3 is 5.97 Å². The van der Waals surface area contributed by atoms with Crippen molar-refractivity contribution < 1.29 is 9.53 Å². The summed E-state index contributed by atoms with van der Waals surface area (Å²) in [4.78, 5) is 12.0. The Hall–Kier alpha value is -1.54. The molecule has 0 spiro atoms. The molecular weight excluding hydrogens is 272 g/mol. The molecule has 1 unspecified atom stereocenters. The van der Waals surface area contributed by atoms with Crippen LogP contribution in [0.15, 0.2) is 16.7 Å². The maximum absolute atomic E-state index is 12.0. The molecule has 0 saturated heterocycles. The SMILES string of the molecule is CCOC(=O)C1=C(C)NC(=S)NC1c1csnn1. The average molecular weight is 284 g/mol. The molecule has 2 rings (SSSR count). The van der Waals surface area contributed by atoms with Crippen molar-refractivity contribution in [2.24, 2.45) is 0 Å². The number of carbonyl (C=O) groups is 1. The highest BCUT2D eigenvalue weighted by atomic mass is 32.1. The van der Waals surface area contributed by atoms with E-state index in [2.05, 4.69) is 20.2 Å². The van der Waals surface area contributed by atoms with E-state index in [9.17, 15) is 4.79 Å². The second-order valence-electron chi connectivity index (χ2n) is 3.62. The van der Waals surface area contributed by atoms with Gasteiger partial charge in [0.2, 0.25) is 0 Å². The molecule has 1 aliphatic rings. The topological polar surface area (TPSA) is 76.1 Å². The second-order valence-corrected chi connectivity index (χ2v) is 4.64. The first-order valence-electron chi connectivity index (χ1n) is 5.35. The number of allylic oxidation sites excluding steroid dienone is 1. The van der Waals surface area contributed by atoms with E-state index in [1.165, 1.54) is 11.5 Å². The van der Waals surface area contributed by atoms with Crippen LogP contribution in [0.25, 0.3) is 0 Å². The first-order valence-corrected chi connectivity index (χ1v) is 6.60. The van der Waals surface area contributed by atoms with Crippen LogP contribution in [-0.2, 0) is 9.53 Å². The summed E-state index contributed by atoms with van der Waals surface area (Å²) in [7, 11) is 0. The quantitative estimate of drug-likeness (QED) is 0.630. The third kappa shape index (κ3) is 2.49. The molecular formula is C10H12N4O2S2. The largest absolute Gasteiger partial charge is 0.463 e. The fourth-order valence-corrected chi connectivity index (χ4v) is 2.44. The molecule has 0 saturated carbocycles. The number of hydrogen-bond acceptors (Lipinski definition) is 6. The van der Waals surface area contributed by atoms with E-state index in [-0.39, 0.29) is 5.97 Å². The Balaban J connectivity index is 2.38. The van der Waals surface area contributed by atoms with E-state index in [4.69, 9.17) is 17.0 Å². The van der Waals surface area contributed by atoms with E-state index < -0.39 is 6.04 Å². The number of nitrogens with zero attached hydrogens (tertiary/aromatic N) is 2. The number of ether oxygens (including phenoxy) is 1. The van der Waals surface area contributed by atoms with Crippen molar-refractivity contribution in [2.45, 2.75) is 19.9 Å². The van der Waals surface area contributed by atoms with Crippen LogP contribution in [0.1, 0.15) is 25.6 Å². The zero-order valence-electron chi connectivity index (χ0n) is 9.89. The Kier molecular flexibility index (Phi) is 3.87. The molecule has 2 heterocycles. The molecule has 0 amide bonds. The van der Waals surface area contributed by atoms with Crippen LogP contribution in [0.2, 0.25) is 0 Å². The van der Waals surface area contributed by atoms with Crippen LogP contribution in [0, 0.1) is 0 Å². The first-order chi connectivity index (χ1) is 8.63. The number of aromatic nitrogens is 2. The van der Waals surface area contributed by atoms with Crippen LogP contribution in [-0.4, -0.2) is 27.3 Å². The van der Waals surface area contributed by atoms with Gasteiger partial charge in [0.05, 0.1) is 12.2 Å². The van der Waals surface area contributed by atoms with Gasteiger partial charge in [-0.3, -0.25) is 0 Å². The summed E-state index contributed by atoms with van der Waals surface area (Å²) in [6, 6.07) is -0.406. The van der Waals surface area contributed by atoms with Gasteiger partial charge in [-0.05, 0) is 37.6 Å². The molecule has 0 bridgehead atoms. The van der Waals surface area contributed by atoms with Crippen molar-refractivity contribution in [1.82, 2.24) is 20.2 Å². The summed E-state index contributed by atoms with van der Waals surface area (Å²) in [6.07, 6.45) is 0. The van der Waals surface area contributed by atoms with Gasteiger partial charge in [0.15, 0.2) is 5.11 Å². The summed E-state index contributed by atoms with van der Waals surface area (Å²) in [6.45, 7) is 3.87. The van der Waals surface area contributed by atoms with Crippen LogP contribution >= 0.6 is 23.8 Å². The highest BCUT2D eigenvalue weighted by Gasteiger charge is 2.32. The maximum atomic E-state index is 12.0. The van der Waals surface area contributed by atoms with E-state index in [0.29, 0.717) is 28.7 Å². The Morgan fingerprint density at radius 3 is 3.06 bits per heavy atom. The van der Waals surface area contributed by atoms with Gasteiger partial charge in [-0.25, -0.2) is 4.79 Å². The van der Waals surface area contributed by atoms with E-state index in [1.807, 2.05) is 0 Å². The number of thiocarbonyl (C=S) groups is 1. The lowest BCUT2D eigenvalue weighted by atomic mass is 10.0. The fraction of sp³-hybridized carbons (Fsp3) is 0.400. The third-order valence-electron chi connectivity index (χ3n) is 2.44. The van der Waals surface area contributed by atoms with Gasteiger partial charge in [-0.15, -0.1) is 5.10 Å². The van der Waals surface area contributed by atoms with E-state index in [0.717, 1.165) is 0 Å². The van der Waals surface area contributed by atoms with Crippen molar-refractivity contribution >= 4 is 34.8 Å². The molecule has 1 aromatic rings. The molecule has 18 heavy (non-hydrogen) atoms. The van der Waals surface area contributed by atoms with Crippen molar-refractivity contribution in [3.8, 4) is 0 Å². The summed E-state index contributed by atoms with van der Waals surface area (Å²) < 4.78 is 8.85. The van der Waals surface area contributed by atoms with Crippen LogP contribution in [0.5, 0.6) is 0 Å². The number of rotatable bonds is 3. The zero-order chi connectivity index (χ0) is 13.1. The van der Waals surface area contributed by atoms with Gasteiger partial charge in [0.1, 0.15) is 11.7 Å². The van der Waals surface area contributed by atoms with Gasteiger partial charge in [-0.1, -0.05) is 4.49 Å². The monoisotopic (exact) mass is 284 g/mol. The predicted molar refractivity (Wildman–Crippen MR) is 70.9 cm³/mol. The van der Waals surface area contributed by atoms with Gasteiger partial charge < -0.3 is 15.4 Å². The number of nitrogens with one attached hydrogen (secondary N) is 2. The Bertz CT molecular complexity index is 498.